The van der Waals surface area contributed by atoms with E-state index in [-0.39, 0.29) is 5.54 Å². The third-order valence-electron chi connectivity index (χ3n) is 5.03. The molecule has 0 amide bonds. The van der Waals surface area contributed by atoms with Crippen LogP contribution in [0.2, 0.25) is 0 Å². The van der Waals surface area contributed by atoms with E-state index >= 15 is 0 Å². The second-order valence-electron chi connectivity index (χ2n) is 6.71. The largest absolute Gasteiger partial charge is 0.389 e. The van der Waals surface area contributed by atoms with Crippen molar-refractivity contribution < 1.29 is 5.11 Å². The van der Waals surface area contributed by atoms with Crippen LogP contribution in [0, 0.1) is 0 Å². The number of piperidine rings is 1. The van der Waals surface area contributed by atoms with Crippen molar-refractivity contribution in [1.29, 1.82) is 0 Å². The molecule has 124 valence electrons. The first kappa shape index (κ1) is 16.2. The van der Waals surface area contributed by atoms with Crippen LogP contribution in [0.25, 0.3) is 0 Å². The molecule has 3 rings (SSSR count). The van der Waals surface area contributed by atoms with Crippen molar-refractivity contribution in [3.8, 4) is 0 Å². The molecule has 0 aliphatic carbocycles. The highest BCUT2D eigenvalue weighted by Gasteiger charge is 2.45. The van der Waals surface area contributed by atoms with E-state index in [0.29, 0.717) is 6.54 Å². The van der Waals surface area contributed by atoms with E-state index in [4.69, 9.17) is 0 Å². The normalized spacial score (nSPS) is 25.9. The topological polar surface area (TPSA) is 44.5 Å². The average molecular weight is 314 g/mol. The van der Waals surface area contributed by atoms with Crippen LogP contribution in [0.5, 0.6) is 0 Å². The minimum atomic E-state index is -0.426. The van der Waals surface area contributed by atoms with Gasteiger partial charge in [-0.1, -0.05) is 30.3 Å². The number of benzene rings is 1. The van der Waals surface area contributed by atoms with E-state index in [2.05, 4.69) is 53.3 Å². The van der Waals surface area contributed by atoms with Gasteiger partial charge in [0.15, 0.2) is 0 Å². The Bertz CT molecular complexity index is 639. The van der Waals surface area contributed by atoms with Crippen LogP contribution in [0.3, 0.4) is 0 Å². The van der Waals surface area contributed by atoms with Crippen LogP contribution >= 0.6 is 0 Å². The second kappa shape index (κ2) is 6.43. The summed E-state index contributed by atoms with van der Waals surface area (Å²) in [6, 6.07) is 10.4. The maximum atomic E-state index is 11.0. The van der Waals surface area contributed by atoms with Crippen molar-refractivity contribution in [2.45, 2.75) is 24.6 Å². The lowest BCUT2D eigenvalue weighted by molar-refractivity contribution is -0.0702. The predicted molar refractivity (Wildman–Crippen MR) is 90.9 cm³/mol. The number of likely N-dealkylation sites (N-methyl/N-ethyl adjacent to an activating group) is 1. The fourth-order valence-corrected chi connectivity index (χ4v) is 3.78. The molecule has 1 saturated heterocycles. The lowest BCUT2D eigenvalue weighted by Gasteiger charge is -2.50. The van der Waals surface area contributed by atoms with Gasteiger partial charge in [-0.3, -0.25) is 14.5 Å². The number of aryl methyl sites for hydroxylation is 1. The van der Waals surface area contributed by atoms with E-state index < -0.39 is 6.10 Å². The quantitative estimate of drug-likeness (QED) is 0.928. The minimum Gasteiger partial charge on any atom is -0.389 e. The smallest absolute Gasteiger partial charge is 0.0892 e. The molecule has 0 saturated carbocycles. The minimum absolute atomic E-state index is 0.313. The van der Waals surface area contributed by atoms with Gasteiger partial charge in [0.05, 0.1) is 17.8 Å². The molecule has 2 heterocycles. The van der Waals surface area contributed by atoms with E-state index in [9.17, 15) is 5.11 Å². The van der Waals surface area contributed by atoms with E-state index in [0.717, 1.165) is 19.5 Å². The Morgan fingerprint density at radius 1 is 1.30 bits per heavy atom. The molecule has 1 N–H and O–H groups in total. The summed E-state index contributed by atoms with van der Waals surface area (Å²) in [6.45, 7) is 2.46. The van der Waals surface area contributed by atoms with Gasteiger partial charge in [-0.15, -0.1) is 0 Å². The summed E-state index contributed by atoms with van der Waals surface area (Å²) in [6.07, 6.45) is 4.42. The molecular weight excluding hydrogens is 288 g/mol. The maximum Gasteiger partial charge on any atom is 0.0892 e. The molecule has 1 aliphatic rings. The Hall–Kier alpha value is -1.69. The Morgan fingerprint density at radius 3 is 2.61 bits per heavy atom. The lowest BCUT2D eigenvalue weighted by Crippen LogP contribution is -2.59. The fourth-order valence-electron chi connectivity index (χ4n) is 3.78. The monoisotopic (exact) mass is 314 g/mol. The van der Waals surface area contributed by atoms with Crippen LogP contribution in [-0.4, -0.2) is 58.0 Å². The number of hydrogen-bond acceptors (Lipinski definition) is 4. The third kappa shape index (κ3) is 3.04. The first-order valence-corrected chi connectivity index (χ1v) is 8.13. The second-order valence-corrected chi connectivity index (χ2v) is 6.71. The molecule has 0 spiro atoms. The van der Waals surface area contributed by atoms with E-state index in [1.54, 1.807) is 0 Å². The summed E-state index contributed by atoms with van der Waals surface area (Å²) in [5.41, 5.74) is 2.07. The van der Waals surface area contributed by atoms with Gasteiger partial charge in [0, 0.05) is 38.4 Å². The zero-order chi connectivity index (χ0) is 16.4. The van der Waals surface area contributed by atoms with Crippen LogP contribution < -0.4 is 0 Å². The van der Waals surface area contributed by atoms with Crippen molar-refractivity contribution in [1.82, 2.24) is 19.6 Å². The third-order valence-corrected chi connectivity index (χ3v) is 5.03. The van der Waals surface area contributed by atoms with Crippen molar-refractivity contribution in [2.24, 2.45) is 7.05 Å². The predicted octanol–water partition coefficient (Wildman–Crippen LogP) is 1.44. The van der Waals surface area contributed by atoms with E-state index in [1.165, 1.54) is 11.1 Å². The molecule has 1 aromatic carbocycles. The molecule has 5 nitrogen and oxygen atoms in total. The van der Waals surface area contributed by atoms with Gasteiger partial charge in [0.25, 0.3) is 0 Å². The van der Waals surface area contributed by atoms with E-state index in [1.807, 2.05) is 30.2 Å². The zero-order valence-corrected chi connectivity index (χ0v) is 14.2. The molecule has 1 fully saturated rings. The molecular formula is C18H26N4O. The highest BCUT2D eigenvalue weighted by molar-refractivity contribution is 5.27. The standard InChI is InChI=1S/C18H26N4O/c1-20(2)18(16-7-5-4-6-8-16)9-10-22(14-17(18)23)13-15-11-19-21(3)12-15/h4-8,11-12,17,23H,9-10,13-14H2,1-3H3/t17-,18+/m1/s1. The van der Waals surface area contributed by atoms with Crippen molar-refractivity contribution in [3.05, 3.63) is 53.9 Å². The first-order chi connectivity index (χ1) is 11.0. The number of nitrogens with zero attached hydrogens (tertiary/aromatic N) is 4. The Kier molecular flexibility index (Phi) is 4.53. The number of aliphatic hydroxyl groups is 1. The summed E-state index contributed by atoms with van der Waals surface area (Å²) in [4.78, 5) is 4.49. The van der Waals surface area contributed by atoms with Crippen LogP contribution in [0.15, 0.2) is 42.7 Å². The summed E-state index contributed by atoms with van der Waals surface area (Å²) in [5.74, 6) is 0. The lowest BCUT2D eigenvalue weighted by atomic mass is 9.77. The Morgan fingerprint density at radius 2 is 2.04 bits per heavy atom. The average Bonchev–Trinajstić information content (AvgIpc) is 2.93. The molecule has 0 bridgehead atoms. The SMILES string of the molecule is CN(C)[C@]1(c2ccccc2)CCN(Cc2cnn(C)c2)C[C@H]1O. The van der Waals surface area contributed by atoms with Gasteiger partial charge in [-0.05, 0) is 26.1 Å². The van der Waals surface area contributed by atoms with Gasteiger partial charge >= 0.3 is 0 Å². The molecule has 0 unspecified atom stereocenters. The Labute approximate surface area is 138 Å². The maximum absolute atomic E-state index is 11.0. The number of rotatable bonds is 4. The van der Waals surface area contributed by atoms with Gasteiger partial charge < -0.3 is 5.11 Å². The molecule has 1 aliphatic heterocycles. The van der Waals surface area contributed by atoms with Gasteiger partial charge in [-0.25, -0.2) is 0 Å². The van der Waals surface area contributed by atoms with Gasteiger partial charge in [0.1, 0.15) is 0 Å². The zero-order valence-electron chi connectivity index (χ0n) is 14.2. The number of likely N-dealkylation sites (tertiary alicyclic amines) is 1. The molecule has 2 aromatic rings. The molecule has 23 heavy (non-hydrogen) atoms. The highest BCUT2D eigenvalue weighted by atomic mass is 16.3. The number of aromatic nitrogens is 2. The van der Waals surface area contributed by atoms with Crippen molar-refractivity contribution in [3.63, 3.8) is 0 Å². The first-order valence-electron chi connectivity index (χ1n) is 8.13. The van der Waals surface area contributed by atoms with Gasteiger partial charge in [-0.2, -0.15) is 5.10 Å². The summed E-state index contributed by atoms with van der Waals surface area (Å²) >= 11 is 0. The number of hydrogen-bond donors (Lipinski definition) is 1. The molecule has 1 aromatic heterocycles. The summed E-state index contributed by atoms with van der Waals surface area (Å²) in [5, 5.41) is 15.2. The molecule has 0 radical (unpaired) electrons. The van der Waals surface area contributed by atoms with Crippen LogP contribution in [0.4, 0.5) is 0 Å². The number of aliphatic hydroxyl groups excluding tert-OH is 1. The summed E-state index contributed by atoms with van der Waals surface area (Å²) < 4.78 is 1.82. The fraction of sp³-hybridized carbons (Fsp3) is 0.500. The molecule has 5 heteroatoms. The van der Waals surface area contributed by atoms with Crippen LogP contribution in [0.1, 0.15) is 17.5 Å². The number of β-amino-alcohol motifs (C(OH)–C–C–N with tert-alkyl or cyclic N) is 1. The van der Waals surface area contributed by atoms with Crippen molar-refractivity contribution >= 4 is 0 Å². The highest BCUT2D eigenvalue weighted by Crippen LogP contribution is 2.37. The van der Waals surface area contributed by atoms with Crippen molar-refractivity contribution in [2.75, 3.05) is 27.2 Å². The molecule has 2 atom stereocenters. The van der Waals surface area contributed by atoms with Crippen LogP contribution in [-0.2, 0) is 19.1 Å². The summed E-state index contributed by atoms with van der Waals surface area (Å²) in [7, 11) is 6.06. The Balaban J connectivity index is 1.78. The van der Waals surface area contributed by atoms with Gasteiger partial charge in [0.2, 0.25) is 0 Å².